The minimum absolute atomic E-state index is 0.0964. The summed E-state index contributed by atoms with van der Waals surface area (Å²) in [5.41, 5.74) is 6.71. The molecule has 0 fully saturated rings. The standard InChI is InChI=1S/C12H14FN3O2/c1-7-2-3-8(13)6-9(7)11-15-12(18-16-11)10(17)4-5-14/h2-3,6,10,17H,4-5,14H2,1H3/t10-/m0/s1. The Hall–Kier alpha value is -1.79. The first-order chi connectivity index (χ1) is 8.61. The molecular formula is C12H14FN3O2. The van der Waals surface area contributed by atoms with Gasteiger partial charge in [-0.05, 0) is 37.6 Å². The normalized spacial score (nSPS) is 12.7. The minimum Gasteiger partial charge on any atom is -0.383 e. The van der Waals surface area contributed by atoms with Gasteiger partial charge in [0.05, 0.1) is 0 Å². The lowest BCUT2D eigenvalue weighted by Crippen LogP contribution is -2.06. The van der Waals surface area contributed by atoms with Crippen molar-refractivity contribution in [2.75, 3.05) is 6.54 Å². The number of halogens is 1. The fourth-order valence-electron chi connectivity index (χ4n) is 1.60. The molecule has 18 heavy (non-hydrogen) atoms. The van der Waals surface area contributed by atoms with Crippen LogP contribution in [0.1, 0.15) is 24.0 Å². The highest BCUT2D eigenvalue weighted by atomic mass is 19.1. The van der Waals surface area contributed by atoms with E-state index in [2.05, 4.69) is 10.1 Å². The van der Waals surface area contributed by atoms with Crippen molar-refractivity contribution in [2.24, 2.45) is 5.73 Å². The molecule has 0 amide bonds. The monoisotopic (exact) mass is 251 g/mol. The lowest BCUT2D eigenvalue weighted by molar-refractivity contribution is 0.127. The molecule has 96 valence electrons. The summed E-state index contributed by atoms with van der Waals surface area (Å²) in [5, 5.41) is 13.4. The molecule has 0 unspecified atom stereocenters. The van der Waals surface area contributed by atoms with Gasteiger partial charge >= 0.3 is 0 Å². The van der Waals surface area contributed by atoms with E-state index >= 15 is 0 Å². The van der Waals surface area contributed by atoms with Crippen molar-refractivity contribution in [3.63, 3.8) is 0 Å². The number of benzene rings is 1. The van der Waals surface area contributed by atoms with Crippen molar-refractivity contribution >= 4 is 0 Å². The predicted molar refractivity (Wildman–Crippen MR) is 63.1 cm³/mol. The second-order valence-electron chi connectivity index (χ2n) is 4.01. The highest BCUT2D eigenvalue weighted by molar-refractivity contribution is 5.59. The number of aliphatic hydroxyl groups is 1. The second-order valence-corrected chi connectivity index (χ2v) is 4.01. The first-order valence-electron chi connectivity index (χ1n) is 5.60. The summed E-state index contributed by atoms with van der Waals surface area (Å²) in [6.45, 7) is 2.14. The van der Waals surface area contributed by atoms with Gasteiger partial charge in [0.1, 0.15) is 11.9 Å². The quantitative estimate of drug-likeness (QED) is 0.861. The van der Waals surface area contributed by atoms with Gasteiger partial charge in [-0.15, -0.1) is 0 Å². The Bertz CT molecular complexity index is 542. The molecule has 0 aliphatic carbocycles. The Morgan fingerprint density at radius 3 is 3.00 bits per heavy atom. The van der Waals surface area contributed by atoms with Crippen molar-refractivity contribution in [3.8, 4) is 11.4 Å². The molecule has 1 heterocycles. The molecule has 0 bridgehead atoms. The van der Waals surface area contributed by atoms with Gasteiger partial charge in [0.15, 0.2) is 0 Å². The van der Waals surface area contributed by atoms with Crippen molar-refractivity contribution in [2.45, 2.75) is 19.4 Å². The van der Waals surface area contributed by atoms with Crippen LogP contribution >= 0.6 is 0 Å². The molecule has 0 saturated heterocycles. The van der Waals surface area contributed by atoms with Crippen LogP contribution in [0.15, 0.2) is 22.7 Å². The van der Waals surface area contributed by atoms with Gasteiger partial charge in [0.25, 0.3) is 5.89 Å². The van der Waals surface area contributed by atoms with E-state index in [1.165, 1.54) is 12.1 Å². The number of hydrogen-bond donors (Lipinski definition) is 2. The highest BCUT2D eigenvalue weighted by Gasteiger charge is 2.17. The van der Waals surface area contributed by atoms with E-state index in [0.29, 0.717) is 18.5 Å². The minimum atomic E-state index is -0.884. The van der Waals surface area contributed by atoms with Gasteiger partial charge in [0, 0.05) is 5.56 Å². The SMILES string of the molecule is Cc1ccc(F)cc1-c1noc([C@@H](O)CCN)n1. The summed E-state index contributed by atoms with van der Waals surface area (Å²) in [6, 6.07) is 4.33. The molecule has 0 aliphatic rings. The van der Waals surface area contributed by atoms with E-state index < -0.39 is 6.10 Å². The van der Waals surface area contributed by atoms with Crippen molar-refractivity contribution < 1.29 is 14.0 Å². The van der Waals surface area contributed by atoms with Gasteiger partial charge in [-0.1, -0.05) is 11.2 Å². The maximum atomic E-state index is 13.2. The molecular weight excluding hydrogens is 237 g/mol. The van der Waals surface area contributed by atoms with Crippen LogP contribution in [0.5, 0.6) is 0 Å². The summed E-state index contributed by atoms with van der Waals surface area (Å²) < 4.78 is 18.1. The maximum absolute atomic E-state index is 13.2. The largest absolute Gasteiger partial charge is 0.383 e. The zero-order valence-corrected chi connectivity index (χ0v) is 9.93. The van der Waals surface area contributed by atoms with E-state index in [4.69, 9.17) is 10.3 Å². The van der Waals surface area contributed by atoms with Gasteiger partial charge in [0.2, 0.25) is 5.82 Å². The zero-order valence-electron chi connectivity index (χ0n) is 9.93. The van der Waals surface area contributed by atoms with Crippen LogP contribution in [0.25, 0.3) is 11.4 Å². The Labute approximate surface area is 103 Å². The highest BCUT2D eigenvalue weighted by Crippen LogP contribution is 2.23. The van der Waals surface area contributed by atoms with E-state index in [1.54, 1.807) is 6.07 Å². The fourth-order valence-corrected chi connectivity index (χ4v) is 1.60. The summed E-state index contributed by atoms with van der Waals surface area (Å²) in [6.07, 6.45) is -0.547. The number of aromatic nitrogens is 2. The summed E-state index contributed by atoms with van der Waals surface area (Å²) in [4.78, 5) is 4.05. The molecule has 0 aliphatic heterocycles. The van der Waals surface area contributed by atoms with E-state index in [-0.39, 0.29) is 17.5 Å². The van der Waals surface area contributed by atoms with Crippen LogP contribution in [-0.4, -0.2) is 21.8 Å². The Balaban J connectivity index is 2.32. The molecule has 6 heteroatoms. The van der Waals surface area contributed by atoms with Crippen LogP contribution in [0.3, 0.4) is 0 Å². The van der Waals surface area contributed by atoms with Crippen molar-refractivity contribution in [1.29, 1.82) is 0 Å². The molecule has 5 nitrogen and oxygen atoms in total. The average molecular weight is 251 g/mol. The third-order valence-electron chi connectivity index (χ3n) is 2.61. The fraction of sp³-hybridized carbons (Fsp3) is 0.333. The first kappa shape index (κ1) is 12.7. The van der Waals surface area contributed by atoms with Crippen LogP contribution in [0.4, 0.5) is 4.39 Å². The topological polar surface area (TPSA) is 85.2 Å². The Morgan fingerprint density at radius 2 is 2.28 bits per heavy atom. The van der Waals surface area contributed by atoms with E-state index in [1.807, 2.05) is 6.92 Å². The number of nitrogens with two attached hydrogens (primary N) is 1. The number of rotatable bonds is 4. The number of aryl methyl sites for hydroxylation is 1. The average Bonchev–Trinajstić information content (AvgIpc) is 2.82. The van der Waals surface area contributed by atoms with Gasteiger partial charge < -0.3 is 15.4 Å². The molecule has 1 aromatic carbocycles. The predicted octanol–water partition coefficient (Wildman–Crippen LogP) is 1.57. The lowest BCUT2D eigenvalue weighted by Gasteiger charge is -2.02. The van der Waals surface area contributed by atoms with Crippen LogP contribution in [0, 0.1) is 12.7 Å². The van der Waals surface area contributed by atoms with Crippen molar-refractivity contribution in [1.82, 2.24) is 10.1 Å². The lowest BCUT2D eigenvalue weighted by atomic mass is 10.1. The first-order valence-corrected chi connectivity index (χ1v) is 5.60. The Kier molecular flexibility index (Phi) is 3.69. The second kappa shape index (κ2) is 5.24. The van der Waals surface area contributed by atoms with Gasteiger partial charge in [-0.2, -0.15) is 4.98 Å². The third-order valence-corrected chi connectivity index (χ3v) is 2.61. The number of hydrogen-bond acceptors (Lipinski definition) is 5. The zero-order chi connectivity index (χ0) is 13.1. The van der Waals surface area contributed by atoms with Gasteiger partial charge in [-0.3, -0.25) is 0 Å². The van der Waals surface area contributed by atoms with Gasteiger partial charge in [-0.25, -0.2) is 4.39 Å². The summed E-state index contributed by atoms with van der Waals surface area (Å²) >= 11 is 0. The van der Waals surface area contributed by atoms with Crippen molar-refractivity contribution in [3.05, 3.63) is 35.5 Å². The number of aliphatic hydroxyl groups excluding tert-OH is 1. The Morgan fingerprint density at radius 1 is 1.50 bits per heavy atom. The molecule has 0 spiro atoms. The van der Waals surface area contributed by atoms with E-state index in [9.17, 15) is 9.50 Å². The molecule has 1 atom stereocenters. The molecule has 0 radical (unpaired) electrons. The molecule has 3 N–H and O–H groups in total. The third kappa shape index (κ3) is 2.55. The van der Waals surface area contributed by atoms with Crippen LogP contribution in [0.2, 0.25) is 0 Å². The molecule has 2 rings (SSSR count). The summed E-state index contributed by atoms with van der Waals surface area (Å²) in [7, 11) is 0. The molecule has 0 saturated carbocycles. The molecule has 1 aromatic heterocycles. The smallest absolute Gasteiger partial charge is 0.255 e. The number of nitrogens with zero attached hydrogens (tertiary/aromatic N) is 2. The van der Waals surface area contributed by atoms with Crippen LogP contribution < -0.4 is 5.73 Å². The molecule has 2 aromatic rings. The van der Waals surface area contributed by atoms with Crippen LogP contribution in [-0.2, 0) is 0 Å². The summed E-state index contributed by atoms with van der Waals surface area (Å²) in [5.74, 6) is -0.0124. The van der Waals surface area contributed by atoms with E-state index in [0.717, 1.165) is 5.56 Å². The maximum Gasteiger partial charge on any atom is 0.255 e.